The zero-order chi connectivity index (χ0) is 26.3. The zero-order valence-corrected chi connectivity index (χ0v) is 21.4. The number of esters is 1. The number of methoxy groups -OCH3 is 3. The fourth-order valence-electron chi connectivity index (χ4n) is 3.36. The van der Waals surface area contributed by atoms with Crippen molar-refractivity contribution in [1.29, 1.82) is 0 Å². The van der Waals surface area contributed by atoms with Gasteiger partial charge in [-0.3, -0.25) is 9.52 Å². The van der Waals surface area contributed by atoms with Crippen LogP contribution >= 0.6 is 11.6 Å². The molecule has 0 fully saturated rings. The third-order valence-corrected chi connectivity index (χ3v) is 6.91. The van der Waals surface area contributed by atoms with Crippen molar-refractivity contribution in [3.05, 3.63) is 82.4 Å². The topological polar surface area (TPSA) is 120 Å². The number of hydrogen-bond acceptors (Lipinski definition) is 7. The Kier molecular flexibility index (Phi) is 8.78. The third kappa shape index (κ3) is 6.27. The van der Waals surface area contributed by atoms with Crippen LogP contribution in [-0.2, 0) is 21.2 Å². The molecule has 0 spiro atoms. The van der Waals surface area contributed by atoms with E-state index in [0.29, 0.717) is 24.5 Å². The molecule has 36 heavy (non-hydrogen) atoms. The Balaban J connectivity index is 1.74. The Hall–Kier alpha value is -3.76. The van der Waals surface area contributed by atoms with E-state index in [1.165, 1.54) is 24.3 Å². The third-order valence-electron chi connectivity index (χ3n) is 5.22. The SMILES string of the molecule is COC(=O)c1cc(S(=O)(=O)Nc2ccccc2C(=O)NCCc2ccc(OC)c(OC)c2)ccc1Cl. The monoisotopic (exact) mass is 532 g/mol. The molecule has 3 aromatic rings. The first-order valence-electron chi connectivity index (χ1n) is 10.7. The van der Waals surface area contributed by atoms with E-state index in [9.17, 15) is 18.0 Å². The maximum atomic E-state index is 13.0. The van der Waals surface area contributed by atoms with E-state index in [1.807, 2.05) is 12.1 Å². The van der Waals surface area contributed by atoms with Crippen LogP contribution in [0.15, 0.2) is 65.6 Å². The number of carbonyl (C=O) groups is 2. The molecule has 0 unspecified atom stereocenters. The predicted octanol–water partition coefficient (Wildman–Crippen LogP) is 3.92. The van der Waals surface area contributed by atoms with Crippen LogP contribution in [0.5, 0.6) is 11.5 Å². The number of ether oxygens (including phenoxy) is 3. The molecule has 0 saturated carbocycles. The molecular formula is C25H25ClN2O7S. The summed E-state index contributed by atoms with van der Waals surface area (Å²) in [4.78, 5) is 24.5. The number of carbonyl (C=O) groups excluding carboxylic acids is 2. The lowest BCUT2D eigenvalue weighted by Crippen LogP contribution is -2.27. The molecule has 0 atom stereocenters. The normalized spacial score (nSPS) is 10.9. The number of para-hydroxylation sites is 1. The van der Waals surface area contributed by atoms with Gasteiger partial charge in [-0.1, -0.05) is 29.8 Å². The molecule has 2 N–H and O–H groups in total. The van der Waals surface area contributed by atoms with Gasteiger partial charge in [0.15, 0.2) is 11.5 Å². The van der Waals surface area contributed by atoms with Crippen LogP contribution in [0.1, 0.15) is 26.3 Å². The minimum atomic E-state index is -4.15. The zero-order valence-electron chi connectivity index (χ0n) is 19.8. The largest absolute Gasteiger partial charge is 0.493 e. The van der Waals surface area contributed by atoms with Crippen molar-refractivity contribution in [2.45, 2.75) is 11.3 Å². The van der Waals surface area contributed by atoms with Gasteiger partial charge in [0.05, 0.1) is 48.1 Å². The smallest absolute Gasteiger partial charge is 0.339 e. The van der Waals surface area contributed by atoms with Gasteiger partial charge in [-0.05, 0) is 54.4 Å². The van der Waals surface area contributed by atoms with Gasteiger partial charge >= 0.3 is 5.97 Å². The number of amides is 1. The average Bonchev–Trinajstić information content (AvgIpc) is 2.88. The van der Waals surface area contributed by atoms with E-state index in [0.717, 1.165) is 18.7 Å². The van der Waals surface area contributed by atoms with Crippen LogP contribution < -0.4 is 19.5 Å². The molecule has 9 nitrogen and oxygen atoms in total. The minimum absolute atomic E-state index is 0.0510. The van der Waals surface area contributed by atoms with Gasteiger partial charge in [0.2, 0.25) is 0 Å². The second kappa shape index (κ2) is 11.8. The summed E-state index contributed by atoms with van der Waals surface area (Å²) in [7, 11) is 0.108. The minimum Gasteiger partial charge on any atom is -0.493 e. The van der Waals surface area contributed by atoms with Crippen molar-refractivity contribution >= 4 is 39.2 Å². The van der Waals surface area contributed by atoms with Gasteiger partial charge in [-0.25, -0.2) is 13.2 Å². The van der Waals surface area contributed by atoms with Crippen molar-refractivity contribution in [3.63, 3.8) is 0 Å². The Morgan fingerprint density at radius 2 is 1.61 bits per heavy atom. The number of anilines is 1. The van der Waals surface area contributed by atoms with Crippen LogP contribution in [0.25, 0.3) is 0 Å². The number of rotatable bonds is 10. The molecule has 11 heteroatoms. The molecule has 0 heterocycles. The van der Waals surface area contributed by atoms with Crippen molar-refractivity contribution in [2.24, 2.45) is 0 Å². The predicted molar refractivity (Wildman–Crippen MR) is 136 cm³/mol. The highest BCUT2D eigenvalue weighted by atomic mass is 35.5. The Bertz CT molecular complexity index is 1380. The summed E-state index contributed by atoms with van der Waals surface area (Å²) in [6.45, 7) is 0.301. The maximum absolute atomic E-state index is 13.0. The van der Waals surface area contributed by atoms with Gasteiger partial charge in [0.1, 0.15) is 0 Å². The van der Waals surface area contributed by atoms with Crippen LogP contribution in [-0.4, -0.2) is 48.2 Å². The molecule has 0 aliphatic heterocycles. The summed E-state index contributed by atoms with van der Waals surface area (Å²) >= 11 is 5.99. The highest BCUT2D eigenvalue weighted by Gasteiger charge is 2.21. The van der Waals surface area contributed by atoms with Gasteiger partial charge in [0, 0.05) is 6.54 Å². The molecule has 0 radical (unpaired) electrons. The Labute approximate surface area is 214 Å². The lowest BCUT2D eigenvalue weighted by Gasteiger charge is -2.14. The first-order chi connectivity index (χ1) is 17.2. The van der Waals surface area contributed by atoms with Gasteiger partial charge in [0.25, 0.3) is 15.9 Å². The molecule has 3 aromatic carbocycles. The highest BCUT2D eigenvalue weighted by Crippen LogP contribution is 2.28. The van der Waals surface area contributed by atoms with Crippen LogP contribution in [0.3, 0.4) is 0 Å². The molecule has 0 bridgehead atoms. The van der Waals surface area contributed by atoms with E-state index < -0.39 is 21.9 Å². The lowest BCUT2D eigenvalue weighted by molar-refractivity contribution is 0.0600. The van der Waals surface area contributed by atoms with E-state index in [-0.39, 0.29) is 26.7 Å². The molecule has 0 saturated heterocycles. The second-order valence-corrected chi connectivity index (χ2v) is 9.57. The van der Waals surface area contributed by atoms with Crippen LogP contribution in [0, 0.1) is 0 Å². The molecule has 190 valence electrons. The lowest BCUT2D eigenvalue weighted by atomic mass is 10.1. The molecule has 0 aromatic heterocycles. The van der Waals surface area contributed by atoms with Crippen molar-refractivity contribution < 1.29 is 32.2 Å². The summed E-state index contributed by atoms with van der Waals surface area (Å²) in [5.74, 6) is -0.0454. The second-order valence-electron chi connectivity index (χ2n) is 7.48. The number of benzene rings is 3. The van der Waals surface area contributed by atoms with E-state index in [1.54, 1.807) is 32.4 Å². The van der Waals surface area contributed by atoms with Gasteiger partial charge in [-0.15, -0.1) is 0 Å². The molecule has 3 rings (SSSR count). The van der Waals surface area contributed by atoms with E-state index >= 15 is 0 Å². The van der Waals surface area contributed by atoms with Gasteiger partial charge < -0.3 is 19.5 Å². The summed E-state index contributed by atoms with van der Waals surface area (Å²) in [5.41, 5.74) is 1.04. The Morgan fingerprint density at radius 1 is 0.889 bits per heavy atom. The van der Waals surface area contributed by atoms with E-state index in [4.69, 9.17) is 21.1 Å². The van der Waals surface area contributed by atoms with Crippen molar-refractivity contribution in [2.75, 3.05) is 32.6 Å². The molecular weight excluding hydrogens is 508 g/mol. The van der Waals surface area contributed by atoms with Crippen LogP contribution in [0.4, 0.5) is 5.69 Å². The summed E-state index contributed by atoms with van der Waals surface area (Å²) in [6.07, 6.45) is 0.515. The maximum Gasteiger partial charge on any atom is 0.339 e. The molecule has 1 amide bonds. The first-order valence-corrected chi connectivity index (χ1v) is 12.5. The number of nitrogens with one attached hydrogen (secondary N) is 2. The highest BCUT2D eigenvalue weighted by molar-refractivity contribution is 7.92. The van der Waals surface area contributed by atoms with Crippen molar-refractivity contribution in [3.8, 4) is 11.5 Å². The molecule has 0 aliphatic carbocycles. The summed E-state index contributed by atoms with van der Waals surface area (Å²) in [6, 6.07) is 15.3. The van der Waals surface area contributed by atoms with Crippen molar-refractivity contribution in [1.82, 2.24) is 5.32 Å². The Morgan fingerprint density at radius 3 is 2.31 bits per heavy atom. The van der Waals surface area contributed by atoms with E-state index in [2.05, 4.69) is 14.8 Å². The number of sulfonamides is 1. The molecule has 0 aliphatic rings. The number of halogens is 1. The summed E-state index contributed by atoms with van der Waals surface area (Å²) < 4.78 is 43.6. The quantitative estimate of drug-likeness (QED) is 0.380. The fraction of sp³-hybridized carbons (Fsp3) is 0.200. The van der Waals surface area contributed by atoms with Gasteiger partial charge in [-0.2, -0.15) is 0 Å². The average molecular weight is 533 g/mol. The number of hydrogen-bond donors (Lipinski definition) is 2. The first kappa shape index (κ1) is 26.8. The fourth-order valence-corrected chi connectivity index (χ4v) is 4.66. The van der Waals surface area contributed by atoms with Crippen LogP contribution in [0.2, 0.25) is 5.02 Å². The standard InChI is InChI=1S/C25H25ClN2O7S/c1-33-22-11-8-16(14-23(22)34-2)12-13-27-24(29)18-6-4-5-7-21(18)28-36(31,32)17-9-10-20(26)19(15-17)25(30)35-3/h4-11,14-15,28H,12-13H2,1-3H3,(H,27,29). The summed E-state index contributed by atoms with van der Waals surface area (Å²) in [5, 5.41) is 2.85.